The number of ether oxygens (including phenoxy) is 2. The number of likely N-dealkylation sites (N-methyl/N-ethyl adjacent to an activating group) is 1. The van der Waals surface area contributed by atoms with Gasteiger partial charge in [0.2, 0.25) is 5.91 Å². The van der Waals surface area contributed by atoms with Crippen LogP contribution >= 0.6 is 11.6 Å². The van der Waals surface area contributed by atoms with Crippen LogP contribution < -0.4 is 0 Å². The van der Waals surface area contributed by atoms with E-state index in [2.05, 4.69) is 13.0 Å². The molecule has 1 rings (SSSR count). The van der Waals surface area contributed by atoms with Crippen LogP contribution in [0.1, 0.15) is 71.1 Å². The number of hydrogen-bond donors (Lipinski definition) is 0. The van der Waals surface area contributed by atoms with E-state index in [-0.39, 0.29) is 30.9 Å². The second kappa shape index (κ2) is 18.8. The summed E-state index contributed by atoms with van der Waals surface area (Å²) in [5, 5.41) is 0. The molecule has 0 radical (unpaired) electrons. The first-order valence-corrected chi connectivity index (χ1v) is 13.3. The lowest BCUT2D eigenvalue weighted by molar-refractivity contribution is -0.137. The third-order valence-electron chi connectivity index (χ3n) is 6.10. The average Bonchev–Trinajstić information content (AvgIpc) is 3.31. The smallest absolute Gasteiger partial charge is 0.257 e. The van der Waals surface area contributed by atoms with Crippen molar-refractivity contribution < 1.29 is 23.9 Å². The van der Waals surface area contributed by atoms with Gasteiger partial charge in [-0.05, 0) is 24.8 Å². The Morgan fingerprint density at radius 1 is 1.19 bits per heavy atom. The highest BCUT2D eigenvalue weighted by Gasteiger charge is 2.21. The fourth-order valence-corrected chi connectivity index (χ4v) is 4.00. The summed E-state index contributed by atoms with van der Waals surface area (Å²) in [4.78, 5) is 39.3. The molecule has 1 aliphatic rings. The Kier molecular flexibility index (Phi) is 16.6. The van der Waals surface area contributed by atoms with E-state index in [0.717, 1.165) is 23.3 Å². The lowest BCUT2D eigenvalue weighted by atomic mass is 10.1. The number of hydrogen-bond acceptors (Lipinski definition) is 5. The molecule has 0 aliphatic carbocycles. The van der Waals surface area contributed by atoms with Crippen molar-refractivity contribution in [2.24, 2.45) is 0 Å². The lowest BCUT2D eigenvalue weighted by Gasteiger charge is -2.19. The number of carbonyl (C=O) groups is 3. The molecule has 0 saturated heterocycles. The predicted octanol–water partition coefficient (Wildman–Crippen LogP) is 5.51. The van der Waals surface area contributed by atoms with Gasteiger partial charge in [-0.3, -0.25) is 19.3 Å². The summed E-state index contributed by atoms with van der Waals surface area (Å²) in [6, 6.07) is 0. The van der Waals surface area contributed by atoms with Crippen molar-refractivity contribution >= 4 is 29.3 Å². The molecular formula is C28H43ClN2O5. The fourth-order valence-electron chi connectivity index (χ4n) is 3.85. The van der Waals surface area contributed by atoms with Crippen LogP contribution in [0.5, 0.6) is 0 Å². The van der Waals surface area contributed by atoms with E-state index in [1.54, 1.807) is 25.1 Å². The largest absolute Gasteiger partial charge is 0.501 e. The standard InChI is InChI=1S/C28H43ClN2O5/c1-5-6-7-8-10-14-24(35-3)15-11-9-12-16-26(32)30(2)22-23(21-29)19-25(36-4)20-28(34)31-18-13-17-27(31)33/h9,11,13,17,20-21,24H,5-8,10,12,14-16,18-19,22H2,1-4H3. The Bertz CT molecular complexity index is 819. The highest BCUT2D eigenvalue weighted by Crippen LogP contribution is 2.16. The van der Waals surface area contributed by atoms with Gasteiger partial charge in [-0.2, -0.15) is 0 Å². The van der Waals surface area contributed by atoms with E-state index in [9.17, 15) is 14.4 Å². The van der Waals surface area contributed by atoms with E-state index in [0.29, 0.717) is 25.1 Å². The van der Waals surface area contributed by atoms with Gasteiger partial charge in [0.15, 0.2) is 0 Å². The molecular weight excluding hydrogens is 480 g/mol. The summed E-state index contributed by atoms with van der Waals surface area (Å²) in [6.45, 7) is 2.78. The molecule has 1 heterocycles. The van der Waals surface area contributed by atoms with Crippen LogP contribution in [0, 0.1) is 0 Å². The zero-order valence-corrected chi connectivity index (χ0v) is 23.1. The van der Waals surface area contributed by atoms with Crippen molar-refractivity contribution in [3.63, 3.8) is 0 Å². The monoisotopic (exact) mass is 522 g/mol. The minimum absolute atomic E-state index is 0.00245. The van der Waals surface area contributed by atoms with Crippen molar-refractivity contribution in [1.82, 2.24) is 9.80 Å². The van der Waals surface area contributed by atoms with Crippen LogP contribution in [0.15, 0.2) is 47.2 Å². The second-order valence-corrected chi connectivity index (χ2v) is 9.22. The van der Waals surface area contributed by atoms with Crippen LogP contribution in [0.25, 0.3) is 0 Å². The minimum atomic E-state index is -0.445. The van der Waals surface area contributed by atoms with Crippen LogP contribution in [0.3, 0.4) is 0 Å². The molecule has 8 heteroatoms. The SMILES string of the molecule is CCCCCCCC(CC=CCCC(=O)N(C)CC(=CCl)CC(=CC(=O)N1CC=CC1=O)OC)OC. The fraction of sp³-hybridized carbons (Fsp3) is 0.607. The number of nitrogens with zero attached hydrogens (tertiary/aromatic N) is 2. The number of carbonyl (C=O) groups excluding carboxylic acids is 3. The molecule has 0 bridgehead atoms. The van der Waals surface area contributed by atoms with Gasteiger partial charge >= 0.3 is 0 Å². The number of imide groups is 1. The zero-order chi connectivity index (χ0) is 26.8. The van der Waals surface area contributed by atoms with Gasteiger partial charge < -0.3 is 14.4 Å². The number of halogens is 1. The molecule has 3 amide bonds. The molecule has 0 spiro atoms. The summed E-state index contributed by atoms with van der Waals surface area (Å²) in [6.07, 6.45) is 18.2. The topological polar surface area (TPSA) is 76.2 Å². The van der Waals surface area contributed by atoms with Gasteiger partial charge in [0.25, 0.3) is 11.8 Å². The van der Waals surface area contributed by atoms with Crippen molar-refractivity contribution in [2.75, 3.05) is 34.4 Å². The van der Waals surface area contributed by atoms with Crippen LogP contribution in [-0.4, -0.2) is 68.0 Å². The number of unbranched alkanes of at least 4 members (excludes halogenated alkanes) is 4. The third kappa shape index (κ3) is 12.5. The van der Waals surface area contributed by atoms with E-state index < -0.39 is 5.91 Å². The van der Waals surface area contributed by atoms with Gasteiger partial charge in [-0.15, -0.1) is 0 Å². The van der Waals surface area contributed by atoms with Crippen LogP contribution in [0.4, 0.5) is 0 Å². The number of amides is 3. The van der Waals surface area contributed by atoms with Gasteiger partial charge in [-0.25, -0.2) is 0 Å². The van der Waals surface area contributed by atoms with Crippen molar-refractivity contribution in [3.8, 4) is 0 Å². The average molecular weight is 523 g/mol. The molecule has 0 N–H and O–H groups in total. The number of rotatable bonds is 18. The second-order valence-electron chi connectivity index (χ2n) is 9.00. The normalized spacial score (nSPS) is 15.1. The first-order chi connectivity index (χ1) is 17.4. The first-order valence-electron chi connectivity index (χ1n) is 12.8. The van der Waals surface area contributed by atoms with Gasteiger partial charge in [0, 0.05) is 57.8 Å². The molecule has 1 atom stereocenters. The molecule has 36 heavy (non-hydrogen) atoms. The van der Waals surface area contributed by atoms with Crippen molar-refractivity contribution in [3.05, 3.63) is 47.2 Å². The van der Waals surface area contributed by atoms with Crippen LogP contribution in [0.2, 0.25) is 0 Å². The molecule has 0 saturated carbocycles. The maximum Gasteiger partial charge on any atom is 0.257 e. The Morgan fingerprint density at radius 3 is 2.56 bits per heavy atom. The molecule has 7 nitrogen and oxygen atoms in total. The van der Waals surface area contributed by atoms with E-state index in [1.807, 2.05) is 6.08 Å². The summed E-state index contributed by atoms with van der Waals surface area (Å²) >= 11 is 5.99. The Hall–Kier alpha value is -2.38. The minimum Gasteiger partial charge on any atom is -0.501 e. The number of methoxy groups -OCH3 is 2. The molecule has 202 valence electrons. The maximum absolute atomic E-state index is 12.6. The molecule has 0 aromatic rings. The molecule has 1 unspecified atom stereocenters. The lowest BCUT2D eigenvalue weighted by Crippen LogP contribution is -2.31. The maximum atomic E-state index is 12.6. The third-order valence-corrected chi connectivity index (χ3v) is 6.41. The van der Waals surface area contributed by atoms with Gasteiger partial charge in [-0.1, -0.05) is 68.9 Å². The van der Waals surface area contributed by atoms with Crippen molar-refractivity contribution in [2.45, 2.75) is 77.2 Å². The van der Waals surface area contributed by atoms with Crippen LogP contribution in [-0.2, 0) is 23.9 Å². The van der Waals surface area contributed by atoms with E-state index >= 15 is 0 Å². The quantitative estimate of drug-likeness (QED) is 0.103. The van der Waals surface area contributed by atoms with Gasteiger partial charge in [0.05, 0.1) is 13.2 Å². The van der Waals surface area contributed by atoms with Crippen molar-refractivity contribution in [1.29, 1.82) is 0 Å². The Balaban J connectivity index is 2.42. The number of allylic oxidation sites excluding steroid dienone is 2. The molecule has 0 aromatic heterocycles. The highest BCUT2D eigenvalue weighted by atomic mass is 35.5. The molecule has 1 aliphatic heterocycles. The predicted molar refractivity (Wildman–Crippen MR) is 144 cm³/mol. The summed E-state index contributed by atoms with van der Waals surface area (Å²) in [5.74, 6) is -0.422. The summed E-state index contributed by atoms with van der Waals surface area (Å²) in [7, 11) is 4.94. The summed E-state index contributed by atoms with van der Waals surface area (Å²) < 4.78 is 10.9. The highest BCUT2D eigenvalue weighted by molar-refractivity contribution is 6.25. The van der Waals surface area contributed by atoms with Gasteiger partial charge in [0.1, 0.15) is 5.76 Å². The van der Waals surface area contributed by atoms with E-state index in [4.69, 9.17) is 21.1 Å². The Morgan fingerprint density at radius 2 is 1.94 bits per heavy atom. The zero-order valence-electron chi connectivity index (χ0n) is 22.3. The Labute approximate surface area is 221 Å². The molecule has 0 aromatic carbocycles. The van der Waals surface area contributed by atoms with E-state index in [1.165, 1.54) is 56.9 Å². The summed E-state index contributed by atoms with van der Waals surface area (Å²) in [5.41, 5.74) is 2.12. The first kappa shape index (κ1) is 31.6. The molecule has 0 fully saturated rings.